The number of rotatable bonds is 3. The van der Waals surface area contributed by atoms with E-state index < -0.39 is 0 Å². The molecule has 1 N–H and O–H groups in total. The van der Waals surface area contributed by atoms with Gasteiger partial charge in [-0.1, -0.05) is 20.8 Å². The minimum absolute atomic E-state index is 0.462. The molecule has 2 nitrogen and oxygen atoms in total. The molecule has 0 bridgehead atoms. The van der Waals surface area contributed by atoms with E-state index in [-0.39, 0.29) is 0 Å². The van der Waals surface area contributed by atoms with Gasteiger partial charge in [-0.2, -0.15) is 0 Å². The Kier molecular flexibility index (Phi) is 4.48. The predicted molar refractivity (Wildman–Crippen MR) is 74.2 cm³/mol. The SMILES string of the molecule is CC(C)(C)CN1CC[C@H](CC2CCNCC2)C1. The van der Waals surface area contributed by atoms with Crippen molar-refractivity contribution in [2.45, 2.75) is 46.5 Å². The van der Waals surface area contributed by atoms with E-state index in [1.165, 1.54) is 58.4 Å². The van der Waals surface area contributed by atoms with Gasteiger partial charge in [0, 0.05) is 13.1 Å². The van der Waals surface area contributed by atoms with Crippen LogP contribution in [-0.4, -0.2) is 37.6 Å². The second-order valence-electron chi connectivity index (χ2n) is 7.38. The van der Waals surface area contributed by atoms with Crippen LogP contribution in [0, 0.1) is 17.3 Å². The Morgan fingerprint density at radius 1 is 1.06 bits per heavy atom. The fourth-order valence-corrected chi connectivity index (χ4v) is 3.51. The summed E-state index contributed by atoms with van der Waals surface area (Å²) in [6.07, 6.45) is 5.76. The van der Waals surface area contributed by atoms with Gasteiger partial charge >= 0.3 is 0 Å². The zero-order valence-electron chi connectivity index (χ0n) is 12.0. The number of hydrogen-bond donors (Lipinski definition) is 1. The van der Waals surface area contributed by atoms with Crippen molar-refractivity contribution in [1.82, 2.24) is 10.2 Å². The van der Waals surface area contributed by atoms with Crippen molar-refractivity contribution in [3.8, 4) is 0 Å². The van der Waals surface area contributed by atoms with Gasteiger partial charge in [-0.3, -0.25) is 0 Å². The Hall–Kier alpha value is -0.0800. The number of nitrogens with zero attached hydrogens (tertiary/aromatic N) is 1. The van der Waals surface area contributed by atoms with Crippen LogP contribution >= 0.6 is 0 Å². The minimum atomic E-state index is 0.462. The van der Waals surface area contributed by atoms with Crippen LogP contribution in [0.3, 0.4) is 0 Å². The molecule has 2 heteroatoms. The Bertz CT molecular complexity index is 226. The molecule has 0 aliphatic carbocycles. The number of likely N-dealkylation sites (tertiary alicyclic amines) is 1. The topological polar surface area (TPSA) is 15.3 Å². The first-order valence-corrected chi connectivity index (χ1v) is 7.46. The molecule has 0 aromatic heterocycles. The van der Waals surface area contributed by atoms with Gasteiger partial charge in [-0.05, 0) is 62.6 Å². The molecule has 0 aromatic rings. The lowest BCUT2D eigenvalue weighted by atomic mass is 9.87. The predicted octanol–water partition coefficient (Wildman–Crippen LogP) is 2.74. The molecule has 100 valence electrons. The fourth-order valence-electron chi connectivity index (χ4n) is 3.51. The normalized spacial score (nSPS) is 28.8. The standard InChI is InChI=1S/C15H30N2/c1-15(2,3)12-17-9-6-14(11-17)10-13-4-7-16-8-5-13/h13-14,16H,4-12H2,1-3H3/t14-/m1/s1. The van der Waals surface area contributed by atoms with Gasteiger partial charge < -0.3 is 10.2 Å². The molecule has 0 radical (unpaired) electrons. The molecular formula is C15H30N2. The van der Waals surface area contributed by atoms with Gasteiger partial charge in [0.1, 0.15) is 0 Å². The molecule has 0 amide bonds. The van der Waals surface area contributed by atoms with E-state index in [9.17, 15) is 0 Å². The van der Waals surface area contributed by atoms with Crippen molar-refractivity contribution in [3.05, 3.63) is 0 Å². The second-order valence-corrected chi connectivity index (χ2v) is 7.38. The quantitative estimate of drug-likeness (QED) is 0.813. The van der Waals surface area contributed by atoms with E-state index in [4.69, 9.17) is 0 Å². The number of nitrogens with one attached hydrogen (secondary N) is 1. The highest BCUT2D eigenvalue weighted by Crippen LogP contribution is 2.29. The van der Waals surface area contributed by atoms with Crippen molar-refractivity contribution >= 4 is 0 Å². The highest BCUT2D eigenvalue weighted by molar-refractivity contribution is 4.82. The van der Waals surface area contributed by atoms with Crippen molar-refractivity contribution in [3.63, 3.8) is 0 Å². The lowest BCUT2D eigenvalue weighted by Gasteiger charge is -2.27. The first-order valence-electron chi connectivity index (χ1n) is 7.46. The molecule has 2 saturated heterocycles. The molecule has 2 fully saturated rings. The third-order valence-corrected chi connectivity index (χ3v) is 4.19. The summed E-state index contributed by atoms with van der Waals surface area (Å²) in [6.45, 7) is 13.5. The zero-order valence-corrected chi connectivity index (χ0v) is 12.0. The number of hydrogen-bond acceptors (Lipinski definition) is 2. The van der Waals surface area contributed by atoms with Gasteiger partial charge in [0.2, 0.25) is 0 Å². The first kappa shape index (κ1) is 13.4. The van der Waals surface area contributed by atoms with E-state index in [2.05, 4.69) is 31.0 Å². The van der Waals surface area contributed by atoms with Crippen LogP contribution in [0.5, 0.6) is 0 Å². The van der Waals surface area contributed by atoms with Crippen molar-refractivity contribution in [1.29, 1.82) is 0 Å². The van der Waals surface area contributed by atoms with Crippen LogP contribution in [0.1, 0.15) is 46.5 Å². The van der Waals surface area contributed by atoms with E-state index in [0.29, 0.717) is 5.41 Å². The summed E-state index contributed by atoms with van der Waals surface area (Å²) >= 11 is 0. The molecule has 0 spiro atoms. The summed E-state index contributed by atoms with van der Waals surface area (Å²) < 4.78 is 0. The van der Waals surface area contributed by atoms with E-state index in [0.717, 1.165) is 11.8 Å². The Morgan fingerprint density at radius 2 is 1.76 bits per heavy atom. The van der Waals surface area contributed by atoms with Crippen molar-refractivity contribution in [2.24, 2.45) is 17.3 Å². The van der Waals surface area contributed by atoms with Crippen molar-refractivity contribution in [2.75, 3.05) is 32.7 Å². The molecule has 0 unspecified atom stereocenters. The Morgan fingerprint density at radius 3 is 2.41 bits per heavy atom. The molecule has 0 aromatic carbocycles. The third kappa shape index (κ3) is 4.59. The maximum Gasteiger partial charge on any atom is 0.00302 e. The lowest BCUT2D eigenvalue weighted by molar-refractivity contribution is 0.213. The molecular weight excluding hydrogens is 208 g/mol. The largest absolute Gasteiger partial charge is 0.317 e. The summed E-state index contributed by atoms with van der Waals surface area (Å²) in [7, 11) is 0. The van der Waals surface area contributed by atoms with Crippen LogP contribution in [-0.2, 0) is 0 Å². The third-order valence-electron chi connectivity index (χ3n) is 4.19. The smallest absolute Gasteiger partial charge is 0.00302 e. The van der Waals surface area contributed by atoms with E-state index in [1.807, 2.05) is 0 Å². The van der Waals surface area contributed by atoms with Crippen molar-refractivity contribution < 1.29 is 0 Å². The maximum absolute atomic E-state index is 3.47. The van der Waals surface area contributed by atoms with E-state index >= 15 is 0 Å². The molecule has 0 saturated carbocycles. The Balaban J connectivity index is 1.70. The molecule has 1 atom stereocenters. The first-order chi connectivity index (χ1) is 8.03. The van der Waals surface area contributed by atoms with Gasteiger partial charge in [-0.25, -0.2) is 0 Å². The fraction of sp³-hybridized carbons (Fsp3) is 1.00. The molecule has 17 heavy (non-hydrogen) atoms. The average molecular weight is 238 g/mol. The highest BCUT2D eigenvalue weighted by atomic mass is 15.1. The zero-order chi connectivity index (χ0) is 12.3. The average Bonchev–Trinajstić information content (AvgIpc) is 2.64. The molecule has 2 rings (SSSR count). The van der Waals surface area contributed by atoms with Gasteiger partial charge in [0.25, 0.3) is 0 Å². The Labute approximate surface area is 107 Å². The van der Waals surface area contributed by atoms with E-state index in [1.54, 1.807) is 0 Å². The maximum atomic E-state index is 3.47. The molecule has 2 aliphatic heterocycles. The van der Waals surface area contributed by atoms with Crippen LogP contribution in [0.4, 0.5) is 0 Å². The lowest BCUT2D eigenvalue weighted by Crippen LogP contribution is -2.32. The van der Waals surface area contributed by atoms with Gasteiger partial charge in [0.05, 0.1) is 0 Å². The molecule has 2 heterocycles. The van der Waals surface area contributed by atoms with Crippen LogP contribution in [0.25, 0.3) is 0 Å². The van der Waals surface area contributed by atoms with Crippen LogP contribution < -0.4 is 5.32 Å². The highest BCUT2D eigenvalue weighted by Gasteiger charge is 2.28. The summed E-state index contributed by atoms with van der Waals surface area (Å²) in [5, 5.41) is 3.47. The summed E-state index contributed by atoms with van der Waals surface area (Å²) in [6, 6.07) is 0. The second kappa shape index (κ2) is 5.71. The van der Waals surface area contributed by atoms with Gasteiger partial charge in [-0.15, -0.1) is 0 Å². The summed E-state index contributed by atoms with van der Waals surface area (Å²) in [5.74, 6) is 2.00. The number of piperidine rings is 1. The minimum Gasteiger partial charge on any atom is -0.317 e. The summed E-state index contributed by atoms with van der Waals surface area (Å²) in [4.78, 5) is 2.69. The van der Waals surface area contributed by atoms with Gasteiger partial charge in [0.15, 0.2) is 0 Å². The summed E-state index contributed by atoms with van der Waals surface area (Å²) in [5.41, 5.74) is 0.462. The monoisotopic (exact) mass is 238 g/mol. The van der Waals surface area contributed by atoms with Crippen LogP contribution in [0.15, 0.2) is 0 Å². The van der Waals surface area contributed by atoms with Crippen LogP contribution in [0.2, 0.25) is 0 Å². The molecule has 2 aliphatic rings.